The largest absolute Gasteiger partial charge is 0.496 e. The predicted molar refractivity (Wildman–Crippen MR) is 146 cm³/mol. The number of carbonyl (C=O) groups is 1. The van der Waals surface area contributed by atoms with Gasteiger partial charge in [0.25, 0.3) is 10.1 Å². The van der Waals surface area contributed by atoms with Crippen molar-refractivity contribution >= 4 is 21.7 Å². The topological polar surface area (TPSA) is 165 Å². The molecule has 4 N–H and O–H groups in total. The van der Waals surface area contributed by atoms with Crippen LogP contribution in [-0.2, 0) is 14.9 Å². The first kappa shape index (κ1) is 29.2. The number of benzene rings is 2. The Kier molecular flexibility index (Phi) is 8.96. The van der Waals surface area contributed by atoms with Crippen LogP contribution in [0.2, 0.25) is 0 Å². The van der Waals surface area contributed by atoms with Crippen LogP contribution >= 0.6 is 0 Å². The minimum Gasteiger partial charge on any atom is -0.496 e. The van der Waals surface area contributed by atoms with E-state index in [2.05, 4.69) is 16.4 Å². The molecule has 0 aliphatic carbocycles. The van der Waals surface area contributed by atoms with Crippen LogP contribution in [0.4, 0.5) is 5.69 Å². The van der Waals surface area contributed by atoms with Crippen LogP contribution < -0.4 is 20.5 Å². The Morgan fingerprint density at radius 3 is 2.38 bits per heavy atom. The van der Waals surface area contributed by atoms with E-state index in [0.717, 1.165) is 22.4 Å². The Balaban J connectivity index is 0.000000320. The third-order valence-electron chi connectivity index (χ3n) is 6.10. The Labute approximate surface area is 227 Å². The average molecular weight is 551 g/mol. The molecule has 3 aromatic rings. The summed E-state index contributed by atoms with van der Waals surface area (Å²) in [7, 11) is -2.49. The van der Waals surface area contributed by atoms with Gasteiger partial charge in [-0.1, -0.05) is 23.8 Å². The number of nitrogens with two attached hydrogens (primary N) is 1. The molecule has 1 aliphatic rings. The number of nitriles is 1. The molecule has 4 rings (SSSR count). The second-order valence-corrected chi connectivity index (χ2v) is 10.2. The lowest BCUT2D eigenvalue weighted by Crippen LogP contribution is -2.28. The van der Waals surface area contributed by atoms with E-state index in [0.29, 0.717) is 40.6 Å². The monoisotopic (exact) mass is 550 g/mol. The maximum atomic E-state index is 12.4. The number of ether oxygens (including phenoxy) is 2. The summed E-state index contributed by atoms with van der Waals surface area (Å²) >= 11 is 0. The summed E-state index contributed by atoms with van der Waals surface area (Å²) in [5.41, 5.74) is 11.4. The normalized spacial score (nSPS) is 14.2. The van der Waals surface area contributed by atoms with E-state index >= 15 is 0 Å². The Morgan fingerprint density at radius 2 is 1.85 bits per heavy atom. The summed E-state index contributed by atoms with van der Waals surface area (Å²) in [5.74, 6) is -0.160. The number of aromatic nitrogens is 1. The molecule has 39 heavy (non-hydrogen) atoms. The van der Waals surface area contributed by atoms with Gasteiger partial charge in [0, 0.05) is 23.0 Å². The average Bonchev–Trinajstić information content (AvgIpc) is 2.89. The van der Waals surface area contributed by atoms with E-state index in [1.807, 2.05) is 27.7 Å². The summed E-state index contributed by atoms with van der Waals surface area (Å²) in [4.78, 5) is 16.8. The van der Waals surface area contributed by atoms with Crippen LogP contribution in [0.5, 0.6) is 11.6 Å². The van der Waals surface area contributed by atoms with Crippen molar-refractivity contribution in [1.82, 2.24) is 4.98 Å². The van der Waals surface area contributed by atoms with E-state index in [4.69, 9.17) is 19.8 Å². The Hall–Kier alpha value is -4.40. The summed E-state index contributed by atoms with van der Waals surface area (Å²) in [5, 5.41) is 12.5. The highest BCUT2D eigenvalue weighted by molar-refractivity contribution is 7.85. The zero-order chi connectivity index (χ0) is 28.9. The molecule has 1 aliphatic heterocycles. The number of aryl methyl sites for hydroxylation is 2. The van der Waals surface area contributed by atoms with E-state index in [1.165, 1.54) is 19.2 Å². The van der Waals surface area contributed by atoms with Gasteiger partial charge in [0.05, 0.1) is 47.4 Å². The lowest BCUT2D eigenvalue weighted by Gasteiger charge is -2.32. The molecule has 0 radical (unpaired) electrons. The highest BCUT2D eigenvalue weighted by atomic mass is 32.2. The zero-order valence-electron chi connectivity index (χ0n) is 22.3. The van der Waals surface area contributed by atoms with Gasteiger partial charge in [0.1, 0.15) is 5.75 Å². The van der Waals surface area contributed by atoms with Crippen LogP contribution in [0.1, 0.15) is 47.6 Å². The molecule has 0 unspecified atom stereocenters. The number of rotatable bonds is 6. The SMILES string of the molecule is CCOc1ncc(C)c2c1[C@H](c1ccc(C#N)cc1OC)C(C(N)=O)=C(C)N2.Cc1ccc(S(=O)(=O)O)cc1. The molecule has 2 heterocycles. The number of nitrogens with one attached hydrogen (secondary N) is 1. The molecule has 11 heteroatoms. The van der Waals surface area contributed by atoms with Gasteiger partial charge >= 0.3 is 0 Å². The number of hydrogen-bond acceptors (Lipinski definition) is 8. The van der Waals surface area contributed by atoms with E-state index in [9.17, 15) is 18.5 Å². The van der Waals surface area contributed by atoms with Crippen molar-refractivity contribution in [2.45, 2.75) is 38.5 Å². The number of allylic oxidation sites excluding steroid dienone is 1. The van der Waals surface area contributed by atoms with Crippen molar-refractivity contribution in [3.63, 3.8) is 0 Å². The molecule has 1 aromatic heterocycles. The van der Waals surface area contributed by atoms with Crippen molar-refractivity contribution in [2.24, 2.45) is 5.73 Å². The lowest BCUT2D eigenvalue weighted by atomic mass is 9.79. The second-order valence-electron chi connectivity index (χ2n) is 8.79. The van der Waals surface area contributed by atoms with Crippen LogP contribution in [0.15, 0.2) is 64.8 Å². The van der Waals surface area contributed by atoms with Gasteiger partial charge in [-0.2, -0.15) is 13.7 Å². The standard InChI is InChI=1S/C21H22N4O3.C7H8O3S/c1-5-28-21-18-17(14-7-6-13(9-22)8-15(14)27-4)16(20(23)26)12(3)25-19(18)11(2)10-24-21;1-6-2-4-7(5-3-6)11(8,9)10/h6-8,10,17,25H,5H2,1-4H3,(H2,23,26);2-5H,1H3,(H,8,9,10)/t17-;/m1./s1. The van der Waals surface area contributed by atoms with Gasteiger partial charge in [-0.25, -0.2) is 4.98 Å². The smallest absolute Gasteiger partial charge is 0.294 e. The van der Waals surface area contributed by atoms with Gasteiger partial charge < -0.3 is 20.5 Å². The first-order chi connectivity index (χ1) is 18.4. The number of hydrogen-bond donors (Lipinski definition) is 3. The van der Waals surface area contributed by atoms with Gasteiger partial charge in [-0.3, -0.25) is 9.35 Å². The first-order valence-corrected chi connectivity index (χ1v) is 13.4. The van der Waals surface area contributed by atoms with Gasteiger partial charge in [0.2, 0.25) is 11.8 Å². The number of carbonyl (C=O) groups excluding carboxylic acids is 1. The lowest BCUT2D eigenvalue weighted by molar-refractivity contribution is -0.114. The number of anilines is 1. The first-order valence-electron chi connectivity index (χ1n) is 11.9. The molecule has 204 valence electrons. The van der Waals surface area contributed by atoms with Crippen molar-refractivity contribution in [2.75, 3.05) is 19.0 Å². The maximum absolute atomic E-state index is 12.4. The number of nitrogens with zero attached hydrogens (tertiary/aromatic N) is 2. The Bertz CT molecular complexity index is 1570. The highest BCUT2D eigenvalue weighted by Gasteiger charge is 2.36. The minimum absolute atomic E-state index is 0.0666. The fourth-order valence-electron chi connectivity index (χ4n) is 4.28. The molecular formula is C28H30N4O6S. The van der Waals surface area contributed by atoms with Gasteiger partial charge in [0.15, 0.2) is 0 Å². The number of amides is 1. The van der Waals surface area contributed by atoms with Gasteiger partial charge in [-0.15, -0.1) is 0 Å². The van der Waals surface area contributed by atoms with Crippen LogP contribution in [0, 0.1) is 25.2 Å². The molecule has 1 amide bonds. The number of fused-ring (bicyclic) bond motifs is 1. The molecular weight excluding hydrogens is 520 g/mol. The van der Waals surface area contributed by atoms with Crippen LogP contribution in [0.25, 0.3) is 0 Å². The van der Waals surface area contributed by atoms with Crippen LogP contribution in [0.3, 0.4) is 0 Å². The van der Waals surface area contributed by atoms with Crippen LogP contribution in [-0.4, -0.2) is 37.6 Å². The zero-order valence-corrected chi connectivity index (χ0v) is 23.1. The molecule has 0 fully saturated rings. The maximum Gasteiger partial charge on any atom is 0.294 e. The van der Waals surface area contributed by atoms with E-state index < -0.39 is 21.9 Å². The molecule has 0 saturated carbocycles. The second kappa shape index (κ2) is 12.0. The quantitative estimate of drug-likeness (QED) is 0.381. The van der Waals surface area contributed by atoms with Crippen molar-refractivity contribution in [3.05, 3.63) is 87.7 Å². The molecule has 1 atom stereocenters. The number of methoxy groups -OCH3 is 1. The molecule has 2 aromatic carbocycles. The number of pyridine rings is 1. The molecule has 0 bridgehead atoms. The predicted octanol–water partition coefficient (Wildman–Crippen LogP) is 4.23. The summed E-state index contributed by atoms with van der Waals surface area (Å²) < 4.78 is 40.9. The third-order valence-corrected chi connectivity index (χ3v) is 6.97. The highest BCUT2D eigenvalue weighted by Crippen LogP contribution is 2.48. The Morgan fingerprint density at radius 1 is 1.18 bits per heavy atom. The van der Waals surface area contributed by atoms with Crippen molar-refractivity contribution < 1.29 is 27.2 Å². The third kappa shape index (κ3) is 6.37. The fourth-order valence-corrected chi connectivity index (χ4v) is 4.76. The molecule has 0 saturated heterocycles. The fraction of sp³-hybridized carbons (Fsp3) is 0.250. The van der Waals surface area contributed by atoms with Crippen molar-refractivity contribution in [3.8, 4) is 17.7 Å². The molecule has 10 nitrogen and oxygen atoms in total. The van der Waals surface area contributed by atoms with Crippen molar-refractivity contribution in [1.29, 1.82) is 5.26 Å². The number of primary amides is 1. The van der Waals surface area contributed by atoms with E-state index in [-0.39, 0.29) is 4.90 Å². The summed E-state index contributed by atoms with van der Waals surface area (Å²) in [6.07, 6.45) is 1.73. The van der Waals surface area contributed by atoms with E-state index in [1.54, 1.807) is 36.5 Å². The van der Waals surface area contributed by atoms with Gasteiger partial charge in [-0.05, 0) is 57.5 Å². The summed E-state index contributed by atoms with van der Waals surface area (Å²) in [6.45, 7) is 7.89. The summed E-state index contributed by atoms with van der Waals surface area (Å²) in [6, 6.07) is 13.2. The minimum atomic E-state index is -4.02. The molecule has 0 spiro atoms.